The van der Waals surface area contributed by atoms with Crippen molar-refractivity contribution >= 4 is 32.7 Å². The topological polar surface area (TPSA) is 88.9 Å². The Kier molecular flexibility index (Phi) is 5.33. The second-order valence-corrected chi connectivity index (χ2v) is 7.90. The molecular weight excluding hydrogens is 398 g/mol. The minimum Gasteiger partial charge on any atom is -0.338 e. The van der Waals surface area contributed by atoms with Crippen LogP contribution in [-0.2, 0) is 7.05 Å². The third kappa shape index (κ3) is 3.81. The van der Waals surface area contributed by atoms with Gasteiger partial charge < -0.3 is 9.88 Å². The first-order valence-electron chi connectivity index (χ1n) is 9.54. The molecule has 0 radical (unpaired) electrons. The maximum absolute atomic E-state index is 12.3. The number of hydrogen-bond acceptors (Lipinski definition) is 5. The van der Waals surface area contributed by atoms with Gasteiger partial charge in [0.2, 0.25) is 0 Å². The third-order valence-electron chi connectivity index (χ3n) is 4.86. The number of aromatic nitrogens is 3. The summed E-state index contributed by atoms with van der Waals surface area (Å²) < 4.78 is 2.56. The average molecular weight is 420 g/mol. The van der Waals surface area contributed by atoms with Crippen molar-refractivity contribution in [1.29, 1.82) is 0 Å². The van der Waals surface area contributed by atoms with Crippen molar-refractivity contribution in [1.82, 2.24) is 19.9 Å². The highest BCUT2D eigenvalue weighted by molar-refractivity contribution is 7.22. The Morgan fingerprint density at radius 3 is 2.67 bits per heavy atom. The number of aryl methyl sites for hydroxylation is 1. The molecular formula is C22H21N5O2S. The van der Waals surface area contributed by atoms with Crippen molar-refractivity contribution in [2.24, 2.45) is 7.05 Å². The second-order valence-electron chi connectivity index (χ2n) is 6.90. The third-order valence-corrected chi connectivity index (χ3v) is 5.88. The van der Waals surface area contributed by atoms with Gasteiger partial charge in [-0.2, -0.15) is 0 Å². The van der Waals surface area contributed by atoms with Gasteiger partial charge >= 0.3 is 6.03 Å². The molecule has 0 unspecified atom stereocenters. The number of carbonyl (C=O) groups is 1. The highest BCUT2D eigenvalue weighted by Gasteiger charge is 2.15. The minimum atomic E-state index is -0.290. The molecule has 1 aromatic carbocycles. The van der Waals surface area contributed by atoms with Gasteiger partial charge in [0.05, 0.1) is 10.2 Å². The van der Waals surface area contributed by atoms with Gasteiger partial charge in [-0.25, -0.2) is 9.78 Å². The van der Waals surface area contributed by atoms with Crippen LogP contribution in [0, 0.1) is 6.92 Å². The van der Waals surface area contributed by atoms with Gasteiger partial charge in [0.1, 0.15) is 0 Å². The minimum absolute atomic E-state index is 0.0649. The normalized spacial score (nSPS) is 10.9. The number of carbonyl (C=O) groups excluding carboxylic acids is 1. The fourth-order valence-corrected chi connectivity index (χ4v) is 4.20. The SMILES string of the molecule is CCNC(=O)Nc1nc2cc(-c3cc(C)n(C)c(=O)c3)cc(-c3cccnc3)c2s1. The molecule has 4 aromatic rings. The molecule has 0 atom stereocenters. The molecule has 0 bridgehead atoms. The maximum Gasteiger partial charge on any atom is 0.321 e. The van der Waals surface area contributed by atoms with Gasteiger partial charge in [0, 0.05) is 48.9 Å². The summed E-state index contributed by atoms with van der Waals surface area (Å²) in [7, 11) is 1.76. The lowest BCUT2D eigenvalue weighted by Gasteiger charge is -2.10. The zero-order valence-electron chi connectivity index (χ0n) is 16.9. The summed E-state index contributed by atoms with van der Waals surface area (Å²) in [4.78, 5) is 33.1. The number of rotatable bonds is 4. The lowest BCUT2D eigenvalue weighted by molar-refractivity contribution is 0.252. The second kappa shape index (κ2) is 8.08. The average Bonchev–Trinajstić information content (AvgIpc) is 3.13. The molecule has 0 saturated heterocycles. The van der Waals surface area contributed by atoms with E-state index in [-0.39, 0.29) is 11.6 Å². The Morgan fingerprint density at radius 2 is 1.97 bits per heavy atom. The van der Waals surface area contributed by atoms with E-state index < -0.39 is 0 Å². The Hall–Kier alpha value is -3.52. The number of thiazole rings is 1. The number of hydrogen-bond donors (Lipinski definition) is 2. The standard InChI is InChI=1S/C22H21N5O2S/c1-4-24-21(29)26-22-25-18-10-16(15-8-13(2)27(3)19(28)11-15)9-17(20(18)30-22)14-6-5-7-23-12-14/h5-12H,4H2,1-3H3,(H2,24,25,26,29). The van der Waals surface area contributed by atoms with Crippen LogP contribution in [0.4, 0.5) is 9.93 Å². The van der Waals surface area contributed by atoms with Crippen molar-refractivity contribution in [2.45, 2.75) is 13.8 Å². The van der Waals surface area contributed by atoms with Crippen LogP contribution in [0.2, 0.25) is 0 Å². The smallest absolute Gasteiger partial charge is 0.321 e. The van der Waals surface area contributed by atoms with Gasteiger partial charge in [-0.1, -0.05) is 17.4 Å². The first kappa shape index (κ1) is 19.8. The van der Waals surface area contributed by atoms with E-state index in [0.29, 0.717) is 11.7 Å². The molecule has 0 aliphatic heterocycles. The van der Waals surface area contributed by atoms with Crippen LogP contribution in [0.5, 0.6) is 0 Å². The van der Waals surface area contributed by atoms with E-state index >= 15 is 0 Å². The number of anilines is 1. The number of amides is 2. The van der Waals surface area contributed by atoms with Crippen LogP contribution in [0.25, 0.3) is 32.5 Å². The van der Waals surface area contributed by atoms with Crippen LogP contribution >= 0.6 is 11.3 Å². The first-order valence-corrected chi connectivity index (χ1v) is 10.4. The van der Waals surface area contributed by atoms with Crippen LogP contribution < -0.4 is 16.2 Å². The highest BCUT2D eigenvalue weighted by Crippen LogP contribution is 2.38. The molecule has 0 aliphatic carbocycles. The van der Waals surface area contributed by atoms with E-state index in [1.165, 1.54) is 11.3 Å². The van der Waals surface area contributed by atoms with Crippen molar-refractivity contribution in [3.05, 3.63) is 64.8 Å². The quantitative estimate of drug-likeness (QED) is 0.519. The fraction of sp³-hybridized carbons (Fsp3) is 0.182. The van der Waals surface area contributed by atoms with Gasteiger partial charge in [-0.3, -0.25) is 15.1 Å². The summed E-state index contributed by atoms with van der Waals surface area (Å²) in [6, 6.07) is 11.2. The Morgan fingerprint density at radius 1 is 1.17 bits per heavy atom. The monoisotopic (exact) mass is 419 g/mol. The summed E-state index contributed by atoms with van der Waals surface area (Å²) in [6.07, 6.45) is 3.52. The van der Waals surface area contributed by atoms with Crippen LogP contribution in [0.3, 0.4) is 0 Å². The Labute approximate surface area is 177 Å². The molecule has 2 amide bonds. The number of nitrogens with zero attached hydrogens (tertiary/aromatic N) is 3. The summed E-state index contributed by atoms with van der Waals surface area (Å²) in [6.45, 7) is 4.30. The first-order chi connectivity index (χ1) is 14.5. The number of fused-ring (bicyclic) bond motifs is 1. The van der Waals surface area contributed by atoms with Gasteiger partial charge in [0.25, 0.3) is 5.56 Å². The molecule has 0 saturated carbocycles. The lowest BCUT2D eigenvalue weighted by Crippen LogP contribution is -2.28. The van der Waals surface area contributed by atoms with Crippen molar-refractivity contribution in [3.63, 3.8) is 0 Å². The number of benzene rings is 1. The maximum atomic E-state index is 12.3. The summed E-state index contributed by atoms with van der Waals surface area (Å²) in [5.41, 5.74) is 5.17. The summed E-state index contributed by atoms with van der Waals surface area (Å²) >= 11 is 1.41. The molecule has 2 N–H and O–H groups in total. The molecule has 0 spiro atoms. The predicted molar refractivity (Wildman–Crippen MR) is 121 cm³/mol. The van der Waals surface area contributed by atoms with E-state index in [1.54, 1.807) is 30.1 Å². The van der Waals surface area contributed by atoms with E-state index in [9.17, 15) is 9.59 Å². The number of nitrogens with one attached hydrogen (secondary N) is 2. The summed E-state index contributed by atoms with van der Waals surface area (Å²) in [5.74, 6) is 0. The predicted octanol–water partition coefficient (Wildman–Crippen LogP) is 4.17. The molecule has 3 aromatic heterocycles. The van der Waals surface area contributed by atoms with Crippen LogP contribution in [0.1, 0.15) is 12.6 Å². The van der Waals surface area contributed by atoms with Gasteiger partial charge in [0.15, 0.2) is 5.13 Å². The Balaban J connectivity index is 1.90. The van der Waals surface area contributed by atoms with Crippen LogP contribution in [-0.4, -0.2) is 27.1 Å². The highest BCUT2D eigenvalue weighted by atomic mass is 32.1. The van der Waals surface area contributed by atoms with E-state index in [4.69, 9.17) is 0 Å². The van der Waals surface area contributed by atoms with Gasteiger partial charge in [-0.15, -0.1) is 0 Å². The van der Waals surface area contributed by atoms with E-state index in [0.717, 1.165) is 38.2 Å². The molecule has 4 rings (SSSR count). The Bertz CT molecular complexity index is 1290. The zero-order chi connectivity index (χ0) is 21.3. The van der Waals surface area contributed by atoms with Crippen molar-refractivity contribution in [2.75, 3.05) is 11.9 Å². The van der Waals surface area contributed by atoms with E-state index in [1.807, 2.05) is 44.2 Å². The van der Waals surface area contributed by atoms with Crippen LogP contribution in [0.15, 0.2) is 53.6 Å². The number of pyridine rings is 2. The molecule has 7 nitrogen and oxygen atoms in total. The van der Waals surface area contributed by atoms with Crippen molar-refractivity contribution < 1.29 is 4.79 Å². The molecule has 152 valence electrons. The fourth-order valence-electron chi connectivity index (χ4n) is 3.23. The van der Waals surface area contributed by atoms with Crippen molar-refractivity contribution in [3.8, 4) is 22.3 Å². The molecule has 0 aliphatic rings. The zero-order valence-corrected chi connectivity index (χ0v) is 17.7. The molecule has 30 heavy (non-hydrogen) atoms. The summed E-state index contributed by atoms with van der Waals surface area (Å²) in [5, 5.41) is 6.01. The van der Waals surface area contributed by atoms with Gasteiger partial charge in [-0.05, 0) is 49.2 Å². The number of urea groups is 1. The lowest BCUT2D eigenvalue weighted by atomic mass is 9.99. The molecule has 8 heteroatoms. The largest absolute Gasteiger partial charge is 0.338 e. The van der Waals surface area contributed by atoms with E-state index in [2.05, 4.69) is 20.6 Å². The molecule has 3 heterocycles. The molecule has 0 fully saturated rings.